The van der Waals surface area contributed by atoms with Crippen molar-refractivity contribution in [1.82, 2.24) is 4.90 Å². The van der Waals surface area contributed by atoms with Crippen LogP contribution in [0.4, 0.5) is 0 Å². The predicted molar refractivity (Wildman–Crippen MR) is 83.1 cm³/mol. The molecule has 26 heavy (non-hydrogen) atoms. The number of aliphatic hydroxyl groups excluding tert-OH is 4. The third kappa shape index (κ3) is 7.31. The van der Waals surface area contributed by atoms with E-state index in [1.807, 2.05) is 0 Å². The van der Waals surface area contributed by atoms with Gasteiger partial charge in [-0.2, -0.15) is 0 Å². The molecular weight excluding hydrogens is 356 g/mol. The zero-order valence-corrected chi connectivity index (χ0v) is 14.4. The first kappa shape index (κ1) is 23.7. The van der Waals surface area contributed by atoms with Gasteiger partial charge in [0, 0.05) is 0 Å². The van der Waals surface area contributed by atoms with Crippen molar-refractivity contribution in [2.24, 2.45) is 5.73 Å². The molecule has 0 saturated carbocycles. The average molecular weight is 380 g/mol. The number of nitrogens with two attached hydrogens (primary N) is 1. The summed E-state index contributed by atoms with van der Waals surface area (Å²) in [6.07, 6.45) is -9.23. The standard InChI is InChI=1S/C14H24N2O10/c1-3-25-7(17)5-16(6-8(18)26-4-2)14(24)12(22)10(20)9(19)11(21)13(15)23/h9-12,19-22H,3-6H2,1-2H3,(H2,15,23)/t9-,10-,11+,12-/m0/s1. The smallest absolute Gasteiger partial charge is 0.325 e. The van der Waals surface area contributed by atoms with Gasteiger partial charge in [-0.05, 0) is 13.8 Å². The topological polar surface area (TPSA) is 197 Å². The van der Waals surface area contributed by atoms with Crippen molar-refractivity contribution in [2.45, 2.75) is 38.3 Å². The normalized spacial score (nSPS) is 15.3. The van der Waals surface area contributed by atoms with E-state index in [-0.39, 0.29) is 13.2 Å². The van der Waals surface area contributed by atoms with Crippen molar-refractivity contribution in [2.75, 3.05) is 26.3 Å². The van der Waals surface area contributed by atoms with Crippen LogP contribution in [0.2, 0.25) is 0 Å². The van der Waals surface area contributed by atoms with Crippen molar-refractivity contribution >= 4 is 23.8 Å². The first-order valence-electron chi connectivity index (χ1n) is 7.68. The first-order valence-corrected chi connectivity index (χ1v) is 7.68. The number of carbonyl (C=O) groups is 4. The molecular formula is C14H24N2O10. The Balaban J connectivity index is 5.24. The van der Waals surface area contributed by atoms with Crippen molar-refractivity contribution in [3.8, 4) is 0 Å². The van der Waals surface area contributed by atoms with Crippen LogP contribution in [-0.4, -0.2) is 99.8 Å². The highest BCUT2D eigenvalue weighted by Crippen LogP contribution is 2.09. The Morgan fingerprint density at radius 1 is 0.846 bits per heavy atom. The van der Waals surface area contributed by atoms with Gasteiger partial charge in [-0.25, -0.2) is 0 Å². The summed E-state index contributed by atoms with van der Waals surface area (Å²) >= 11 is 0. The monoisotopic (exact) mass is 380 g/mol. The molecule has 0 aliphatic rings. The second kappa shape index (κ2) is 11.4. The Labute approximate surface area is 149 Å². The van der Waals surface area contributed by atoms with Crippen LogP contribution in [0, 0.1) is 0 Å². The van der Waals surface area contributed by atoms with Crippen LogP contribution in [0.25, 0.3) is 0 Å². The quantitative estimate of drug-likeness (QED) is 0.219. The van der Waals surface area contributed by atoms with E-state index in [1.165, 1.54) is 13.8 Å². The van der Waals surface area contributed by atoms with Gasteiger partial charge in [-0.1, -0.05) is 0 Å². The molecule has 0 rings (SSSR count). The predicted octanol–water partition coefficient (Wildman–Crippen LogP) is -4.13. The minimum Gasteiger partial charge on any atom is -0.465 e. The zero-order chi connectivity index (χ0) is 20.4. The number of hydrogen-bond donors (Lipinski definition) is 5. The van der Waals surface area contributed by atoms with Gasteiger partial charge in [-0.15, -0.1) is 0 Å². The number of amides is 2. The van der Waals surface area contributed by atoms with E-state index >= 15 is 0 Å². The van der Waals surface area contributed by atoms with Crippen LogP contribution in [0.3, 0.4) is 0 Å². The van der Waals surface area contributed by atoms with Crippen molar-refractivity contribution in [3.05, 3.63) is 0 Å². The maximum atomic E-state index is 12.3. The molecule has 0 aromatic heterocycles. The molecule has 0 fully saturated rings. The number of carbonyl (C=O) groups excluding carboxylic acids is 4. The Hall–Kier alpha value is -2.28. The van der Waals surface area contributed by atoms with Crippen molar-refractivity contribution < 1.29 is 49.1 Å². The van der Waals surface area contributed by atoms with E-state index < -0.39 is 61.3 Å². The summed E-state index contributed by atoms with van der Waals surface area (Å²) in [5.74, 6) is -4.53. The molecule has 0 radical (unpaired) electrons. The summed E-state index contributed by atoms with van der Waals surface area (Å²) < 4.78 is 9.28. The van der Waals surface area contributed by atoms with Gasteiger partial charge < -0.3 is 40.5 Å². The van der Waals surface area contributed by atoms with Gasteiger partial charge in [0.05, 0.1) is 13.2 Å². The lowest BCUT2D eigenvalue weighted by Gasteiger charge is -2.28. The molecule has 12 heteroatoms. The van der Waals surface area contributed by atoms with E-state index in [0.29, 0.717) is 4.90 Å². The minimum absolute atomic E-state index is 0.00499. The third-order valence-electron chi connectivity index (χ3n) is 3.10. The highest BCUT2D eigenvalue weighted by Gasteiger charge is 2.39. The molecule has 2 amide bonds. The van der Waals surface area contributed by atoms with E-state index in [0.717, 1.165) is 0 Å². The zero-order valence-electron chi connectivity index (χ0n) is 14.4. The van der Waals surface area contributed by atoms with E-state index in [4.69, 9.17) is 5.73 Å². The lowest BCUT2D eigenvalue weighted by Crippen LogP contribution is -2.55. The number of hydrogen-bond acceptors (Lipinski definition) is 10. The third-order valence-corrected chi connectivity index (χ3v) is 3.10. The lowest BCUT2D eigenvalue weighted by molar-refractivity contribution is -0.166. The van der Waals surface area contributed by atoms with Crippen LogP contribution in [0.15, 0.2) is 0 Å². The average Bonchev–Trinajstić information content (AvgIpc) is 2.58. The Morgan fingerprint density at radius 2 is 1.23 bits per heavy atom. The molecule has 0 saturated heterocycles. The first-order chi connectivity index (χ1) is 12.1. The number of nitrogens with zero attached hydrogens (tertiary/aromatic N) is 1. The van der Waals surface area contributed by atoms with Gasteiger partial charge in [0.15, 0.2) is 12.2 Å². The SMILES string of the molecule is CCOC(=O)CN(CC(=O)OCC)C(=O)[C@@H](O)[C@@H](O)[C@H](O)[C@@H](O)C(N)=O. The van der Waals surface area contributed by atoms with Crippen LogP contribution >= 0.6 is 0 Å². The summed E-state index contributed by atoms with van der Waals surface area (Å²) in [5.41, 5.74) is 4.75. The van der Waals surface area contributed by atoms with Crippen LogP contribution in [0.5, 0.6) is 0 Å². The minimum atomic E-state index is -2.37. The van der Waals surface area contributed by atoms with E-state index in [1.54, 1.807) is 0 Å². The molecule has 0 aliphatic carbocycles. The summed E-state index contributed by atoms with van der Waals surface area (Å²) in [5, 5.41) is 38.5. The number of aliphatic hydroxyl groups is 4. The van der Waals surface area contributed by atoms with Gasteiger partial charge in [-0.3, -0.25) is 19.2 Å². The Kier molecular flexibility index (Phi) is 10.4. The number of rotatable bonds is 11. The molecule has 4 atom stereocenters. The van der Waals surface area contributed by atoms with Crippen molar-refractivity contribution in [3.63, 3.8) is 0 Å². The van der Waals surface area contributed by atoms with Crippen LogP contribution in [0.1, 0.15) is 13.8 Å². The number of primary amides is 1. The summed E-state index contributed by atoms with van der Waals surface area (Å²) in [6, 6.07) is 0. The van der Waals surface area contributed by atoms with Gasteiger partial charge in [0.25, 0.3) is 5.91 Å². The Bertz CT molecular complexity index is 492. The second-order valence-corrected chi connectivity index (χ2v) is 5.08. The maximum Gasteiger partial charge on any atom is 0.325 e. The second-order valence-electron chi connectivity index (χ2n) is 5.08. The molecule has 0 aliphatic heterocycles. The molecule has 0 unspecified atom stereocenters. The fraction of sp³-hybridized carbons (Fsp3) is 0.714. The lowest BCUT2D eigenvalue weighted by atomic mass is 10.0. The molecule has 0 spiro atoms. The molecule has 0 aromatic carbocycles. The molecule has 0 aromatic rings. The molecule has 0 heterocycles. The fourth-order valence-electron chi connectivity index (χ4n) is 1.81. The van der Waals surface area contributed by atoms with Gasteiger partial charge in [0.2, 0.25) is 5.91 Å². The highest BCUT2D eigenvalue weighted by atomic mass is 16.5. The Morgan fingerprint density at radius 3 is 1.58 bits per heavy atom. The maximum absolute atomic E-state index is 12.3. The summed E-state index contributed by atoms with van der Waals surface area (Å²) in [4.78, 5) is 46.7. The number of esters is 2. The van der Waals surface area contributed by atoms with Gasteiger partial charge >= 0.3 is 11.9 Å². The molecule has 6 N–H and O–H groups in total. The fourth-order valence-corrected chi connectivity index (χ4v) is 1.81. The molecule has 0 bridgehead atoms. The van der Waals surface area contributed by atoms with Crippen molar-refractivity contribution in [1.29, 1.82) is 0 Å². The van der Waals surface area contributed by atoms with E-state index in [9.17, 15) is 39.6 Å². The van der Waals surface area contributed by atoms with Gasteiger partial charge in [0.1, 0.15) is 25.3 Å². The van der Waals surface area contributed by atoms with Crippen LogP contribution in [-0.2, 0) is 28.7 Å². The summed E-state index contributed by atoms with van der Waals surface area (Å²) in [6.45, 7) is 1.52. The largest absolute Gasteiger partial charge is 0.465 e. The van der Waals surface area contributed by atoms with E-state index in [2.05, 4.69) is 9.47 Å². The molecule has 150 valence electrons. The summed E-state index contributed by atoms with van der Waals surface area (Å²) in [7, 11) is 0. The van der Waals surface area contributed by atoms with Crippen LogP contribution < -0.4 is 5.73 Å². The highest BCUT2D eigenvalue weighted by molar-refractivity contribution is 5.89. The number of ether oxygens (including phenoxy) is 2. The molecule has 12 nitrogen and oxygen atoms in total.